The van der Waals surface area contributed by atoms with Crippen molar-refractivity contribution >= 4 is 12.0 Å². The largest absolute Gasteiger partial charge is 0.480 e. The number of aliphatic carboxylic acids is 1. The standard InChI is InChI=1S/C14H24N2O3/c1-14(2,12(17)18)16(3)13(19)15-8-11-7-9-4-5-10(11)6-9/h9-11H,4-8H2,1-3H3,(H,15,19)(H,17,18). The van der Waals surface area contributed by atoms with Crippen molar-refractivity contribution in [2.75, 3.05) is 13.6 Å². The Hall–Kier alpha value is -1.26. The van der Waals surface area contributed by atoms with Gasteiger partial charge in [0.15, 0.2) is 0 Å². The highest BCUT2D eigenvalue weighted by Crippen LogP contribution is 2.47. The second-order valence-corrected chi connectivity index (χ2v) is 6.54. The van der Waals surface area contributed by atoms with E-state index in [9.17, 15) is 9.59 Å². The number of amides is 2. The van der Waals surface area contributed by atoms with Crippen molar-refractivity contribution in [3.63, 3.8) is 0 Å². The number of carboxylic acid groups (broad SMARTS) is 1. The van der Waals surface area contributed by atoms with E-state index in [2.05, 4.69) is 5.32 Å². The number of nitrogens with zero attached hydrogens (tertiary/aromatic N) is 1. The van der Waals surface area contributed by atoms with Gasteiger partial charge in [-0.25, -0.2) is 9.59 Å². The molecular formula is C14H24N2O3. The minimum atomic E-state index is -1.18. The average molecular weight is 268 g/mol. The molecule has 0 aliphatic heterocycles. The van der Waals surface area contributed by atoms with Gasteiger partial charge >= 0.3 is 12.0 Å². The topological polar surface area (TPSA) is 69.6 Å². The summed E-state index contributed by atoms with van der Waals surface area (Å²) in [7, 11) is 1.53. The summed E-state index contributed by atoms with van der Waals surface area (Å²) in [6, 6.07) is -0.296. The smallest absolute Gasteiger partial charge is 0.329 e. The number of carbonyl (C=O) groups is 2. The summed E-state index contributed by atoms with van der Waals surface area (Å²) in [4.78, 5) is 24.4. The van der Waals surface area contributed by atoms with Gasteiger partial charge in [-0.05, 0) is 50.9 Å². The minimum Gasteiger partial charge on any atom is -0.480 e. The highest BCUT2D eigenvalue weighted by atomic mass is 16.4. The van der Waals surface area contributed by atoms with Gasteiger partial charge in [-0.1, -0.05) is 6.42 Å². The Balaban J connectivity index is 1.83. The maximum absolute atomic E-state index is 12.0. The molecule has 0 aromatic carbocycles. The molecule has 2 saturated carbocycles. The van der Waals surface area contributed by atoms with E-state index in [1.807, 2.05) is 0 Å². The average Bonchev–Trinajstić information content (AvgIpc) is 2.96. The van der Waals surface area contributed by atoms with Gasteiger partial charge in [-0.2, -0.15) is 0 Å². The van der Waals surface area contributed by atoms with Gasteiger partial charge < -0.3 is 15.3 Å². The van der Waals surface area contributed by atoms with Crippen LogP contribution in [0, 0.1) is 17.8 Å². The van der Waals surface area contributed by atoms with Gasteiger partial charge in [0.1, 0.15) is 5.54 Å². The molecule has 0 radical (unpaired) electrons. The van der Waals surface area contributed by atoms with Gasteiger partial charge in [-0.3, -0.25) is 0 Å². The first-order valence-electron chi connectivity index (χ1n) is 7.07. The predicted octanol–water partition coefficient (Wildman–Crippen LogP) is 1.93. The zero-order valence-electron chi connectivity index (χ0n) is 12.0. The number of fused-ring (bicyclic) bond motifs is 2. The Morgan fingerprint density at radius 1 is 1.32 bits per heavy atom. The molecule has 0 spiro atoms. The lowest BCUT2D eigenvalue weighted by atomic mass is 9.89. The molecule has 0 aromatic heterocycles. The highest BCUT2D eigenvalue weighted by Gasteiger charge is 2.40. The third-order valence-corrected chi connectivity index (χ3v) is 5.07. The molecule has 0 heterocycles. The summed E-state index contributed by atoms with van der Waals surface area (Å²) in [6.07, 6.45) is 5.18. The Kier molecular flexibility index (Phi) is 3.74. The first-order valence-corrected chi connectivity index (χ1v) is 7.07. The molecule has 108 valence electrons. The van der Waals surface area contributed by atoms with E-state index in [1.165, 1.54) is 51.5 Å². The number of carbonyl (C=O) groups excluding carboxylic acids is 1. The van der Waals surface area contributed by atoms with Crippen molar-refractivity contribution in [2.45, 2.75) is 45.1 Å². The van der Waals surface area contributed by atoms with E-state index < -0.39 is 11.5 Å². The summed E-state index contributed by atoms with van der Waals surface area (Å²) in [5, 5.41) is 12.0. The molecule has 2 bridgehead atoms. The summed E-state index contributed by atoms with van der Waals surface area (Å²) in [5.41, 5.74) is -1.18. The number of urea groups is 1. The third-order valence-electron chi connectivity index (χ3n) is 5.07. The molecule has 3 unspecified atom stereocenters. The van der Waals surface area contributed by atoms with Crippen molar-refractivity contribution in [1.29, 1.82) is 0 Å². The lowest BCUT2D eigenvalue weighted by Crippen LogP contribution is -2.54. The Morgan fingerprint density at radius 2 is 2.00 bits per heavy atom. The molecule has 5 nitrogen and oxygen atoms in total. The SMILES string of the molecule is CN(C(=O)NCC1CC2CCC1C2)C(C)(C)C(=O)O. The maximum Gasteiger partial charge on any atom is 0.329 e. The van der Waals surface area contributed by atoms with Crippen LogP contribution in [-0.2, 0) is 4.79 Å². The zero-order chi connectivity index (χ0) is 14.2. The van der Waals surface area contributed by atoms with E-state index in [4.69, 9.17) is 5.11 Å². The normalized spacial score (nSPS) is 29.3. The molecule has 2 aliphatic carbocycles. The molecule has 5 heteroatoms. The summed E-state index contributed by atoms with van der Waals surface area (Å²) >= 11 is 0. The fourth-order valence-corrected chi connectivity index (χ4v) is 3.36. The van der Waals surface area contributed by atoms with Crippen LogP contribution < -0.4 is 5.32 Å². The second-order valence-electron chi connectivity index (χ2n) is 6.54. The fourth-order valence-electron chi connectivity index (χ4n) is 3.36. The Bertz CT molecular complexity index is 381. The second kappa shape index (κ2) is 5.02. The van der Waals surface area contributed by atoms with Crippen LogP contribution in [-0.4, -0.2) is 41.1 Å². The maximum atomic E-state index is 12.0. The number of nitrogens with one attached hydrogen (secondary N) is 1. The van der Waals surface area contributed by atoms with Crippen LogP contribution in [0.3, 0.4) is 0 Å². The number of hydrogen-bond donors (Lipinski definition) is 2. The van der Waals surface area contributed by atoms with E-state index >= 15 is 0 Å². The predicted molar refractivity (Wildman–Crippen MR) is 71.8 cm³/mol. The number of likely N-dealkylation sites (N-methyl/N-ethyl adjacent to an activating group) is 1. The van der Waals surface area contributed by atoms with Crippen LogP contribution in [0.15, 0.2) is 0 Å². The van der Waals surface area contributed by atoms with Crippen molar-refractivity contribution in [3.05, 3.63) is 0 Å². The monoisotopic (exact) mass is 268 g/mol. The van der Waals surface area contributed by atoms with Crippen LogP contribution in [0.2, 0.25) is 0 Å². The van der Waals surface area contributed by atoms with E-state index in [0.717, 1.165) is 11.8 Å². The van der Waals surface area contributed by atoms with Gasteiger partial charge in [0.05, 0.1) is 0 Å². The van der Waals surface area contributed by atoms with Gasteiger partial charge in [0.25, 0.3) is 0 Å². The van der Waals surface area contributed by atoms with Gasteiger partial charge in [0, 0.05) is 13.6 Å². The first-order chi connectivity index (χ1) is 8.82. The van der Waals surface area contributed by atoms with Crippen LogP contribution in [0.25, 0.3) is 0 Å². The molecule has 2 rings (SSSR count). The molecule has 19 heavy (non-hydrogen) atoms. The van der Waals surface area contributed by atoms with Crippen LogP contribution >= 0.6 is 0 Å². The van der Waals surface area contributed by atoms with Gasteiger partial charge in [-0.15, -0.1) is 0 Å². The lowest BCUT2D eigenvalue weighted by Gasteiger charge is -2.32. The quantitative estimate of drug-likeness (QED) is 0.818. The minimum absolute atomic E-state index is 0.296. The molecule has 2 N–H and O–H groups in total. The molecular weight excluding hydrogens is 244 g/mol. The van der Waals surface area contributed by atoms with E-state index in [-0.39, 0.29) is 6.03 Å². The van der Waals surface area contributed by atoms with Crippen molar-refractivity contribution < 1.29 is 14.7 Å². The number of hydrogen-bond acceptors (Lipinski definition) is 2. The van der Waals surface area contributed by atoms with Gasteiger partial charge in [0.2, 0.25) is 0 Å². The summed E-state index contributed by atoms with van der Waals surface area (Å²) < 4.78 is 0. The molecule has 3 atom stereocenters. The van der Waals surface area contributed by atoms with E-state index in [0.29, 0.717) is 12.5 Å². The molecule has 0 saturated heterocycles. The molecule has 0 aromatic rings. The van der Waals surface area contributed by atoms with Crippen molar-refractivity contribution in [2.24, 2.45) is 17.8 Å². The van der Waals surface area contributed by atoms with Crippen LogP contribution in [0.4, 0.5) is 4.79 Å². The number of rotatable bonds is 4. The lowest BCUT2D eigenvalue weighted by molar-refractivity contribution is -0.146. The highest BCUT2D eigenvalue weighted by molar-refractivity contribution is 5.85. The van der Waals surface area contributed by atoms with Crippen LogP contribution in [0.1, 0.15) is 39.5 Å². The summed E-state index contributed by atoms with van der Waals surface area (Å²) in [6.45, 7) is 3.75. The van der Waals surface area contributed by atoms with Crippen molar-refractivity contribution in [3.8, 4) is 0 Å². The Labute approximate surface area is 114 Å². The van der Waals surface area contributed by atoms with Crippen molar-refractivity contribution in [1.82, 2.24) is 10.2 Å². The van der Waals surface area contributed by atoms with Crippen LogP contribution in [0.5, 0.6) is 0 Å². The molecule has 2 fully saturated rings. The third kappa shape index (κ3) is 2.69. The first kappa shape index (κ1) is 14.2. The molecule has 2 aliphatic rings. The van der Waals surface area contributed by atoms with E-state index in [1.54, 1.807) is 0 Å². The number of carboxylic acids is 1. The molecule has 2 amide bonds. The Morgan fingerprint density at radius 3 is 2.47 bits per heavy atom. The zero-order valence-corrected chi connectivity index (χ0v) is 12.0. The fraction of sp³-hybridized carbons (Fsp3) is 0.857. The summed E-state index contributed by atoms with van der Waals surface area (Å²) in [5.74, 6) is 1.22.